The normalized spacial score (nSPS) is 10.6. The molecule has 3 rings (SSSR count). The lowest BCUT2D eigenvalue weighted by Crippen LogP contribution is -2.25. The number of benzene rings is 1. The Hall–Kier alpha value is -3.68. The minimum Gasteiger partial charge on any atom is -0.351 e. The molecule has 3 aromatic rings. The molecular formula is C21H23N5O3. The Balaban J connectivity index is 1.82. The monoisotopic (exact) mass is 393 g/mol. The van der Waals surface area contributed by atoms with Crippen molar-refractivity contribution in [3.63, 3.8) is 0 Å². The molecule has 2 aromatic heterocycles. The number of nitrogens with one attached hydrogen (secondary N) is 3. The van der Waals surface area contributed by atoms with E-state index >= 15 is 0 Å². The Morgan fingerprint density at radius 2 is 1.66 bits per heavy atom. The van der Waals surface area contributed by atoms with Gasteiger partial charge in [0.2, 0.25) is 11.7 Å². The summed E-state index contributed by atoms with van der Waals surface area (Å²) < 4.78 is 1.59. The van der Waals surface area contributed by atoms with E-state index < -0.39 is 5.91 Å². The third-order valence-corrected chi connectivity index (χ3v) is 4.25. The number of anilines is 2. The second-order valence-electron chi connectivity index (χ2n) is 6.56. The van der Waals surface area contributed by atoms with Gasteiger partial charge in [0.1, 0.15) is 0 Å². The van der Waals surface area contributed by atoms with Gasteiger partial charge in [-0.15, -0.1) is 0 Å². The van der Waals surface area contributed by atoms with Gasteiger partial charge in [-0.2, -0.15) is 0 Å². The summed E-state index contributed by atoms with van der Waals surface area (Å²) in [7, 11) is 0. The van der Waals surface area contributed by atoms with Crippen LogP contribution in [0.25, 0.3) is 5.52 Å². The van der Waals surface area contributed by atoms with Gasteiger partial charge in [0.25, 0.3) is 11.8 Å². The Labute approximate surface area is 168 Å². The molecule has 150 valence electrons. The molecule has 0 atom stereocenters. The first kappa shape index (κ1) is 20.1. The van der Waals surface area contributed by atoms with Crippen molar-refractivity contribution < 1.29 is 14.4 Å². The fourth-order valence-corrected chi connectivity index (χ4v) is 2.85. The van der Waals surface area contributed by atoms with E-state index in [1.165, 1.54) is 6.92 Å². The maximum atomic E-state index is 12.8. The molecule has 0 saturated carbocycles. The van der Waals surface area contributed by atoms with Gasteiger partial charge in [-0.05, 0) is 42.8 Å². The van der Waals surface area contributed by atoms with E-state index in [9.17, 15) is 14.4 Å². The highest BCUT2D eigenvalue weighted by molar-refractivity contribution is 6.06. The van der Waals surface area contributed by atoms with Crippen LogP contribution in [0.4, 0.5) is 11.4 Å². The first-order valence-electron chi connectivity index (χ1n) is 9.44. The molecule has 0 unspecified atom stereocenters. The quantitative estimate of drug-likeness (QED) is 0.537. The van der Waals surface area contributed by atoms with Gasteiger partial charge in [-0.25, -0.2) is 4.98 Å². The summed E-state index contributed by atoms with van der Waals surface area (Å²) in [6.07, 6.45) is 3.54. The number of fused-ring (bicyclic) bond motifs is 1. The third kappa shape index (κ3) is 4.78. The van der Waals surface area contributed by atoms with Crippen LogP contribution in [0.5, 0.6) is 0 Å². The van der Waals surface area contributed by atoms with Crippen LogP contribution in [0.1, 0.15) is 47.8 Å². The molecule has 1 aromatic carbocycles. The Morgan fingerprint density at radius 1 is 0.966 bits per heavy atom. The second-order valence-corrected chi connectivity index (χ2v) is 6.56. The fourth-order valence-electron chi connectivity index (χ4n) is 2.85. The summed E-state index contributed by atoms with van der Waals surface area (Å²) in [6, 6.07) is 12.0. The van der Waals surface area contributed by atoms with E-state index in [1.54, 1.807) is 53.1 Å². The molecule has 3 amide bonds. The highest BCUT2D eigenvalue weighted by Crippen LogP contribution is 2.17. The summed E-state index contributed by atoms with van der Waals surface area (Å²) in [5, 5.41) is 8.27. The lowest BCUT2D eigenvalue weighted by Gasteiger charge is -2.06. The number of unbranched alkanes of at least 4 members (excludes halogenated alkanes) is 1. The first-order valence-corrected chi connectivity index (χ1v) is 9.44. The summed E-state index contributed by atoms with van der Waals surface area (Å²) in [6.45, 7) is 4.03. The average molecular weight is 393 g/mol. The van der Waals surface area contributed by atoms with Crippen molar-refractivity contribution in [1.29, 1.82) is 0 Å². The molecule has 0 aliphatic heterocycles. The molecule has 2 heterocycles. The Morgan fingerprint density at radius 3 is 2.31 bits per heavy atom. The van der Waals surface area contributed by atoms with Crippen LogP contribution in [0, 0.1) is 0 Å². The van der Waals surface area contributed by atoms with Crippen molar-refractivity contribution in [2.75, 3.05) is 17.2 Å². The number of aromatic nitrogens is 2. The lowest BCUT2D eigenvalue weighted by atomic mass is 10.2. The van der Waals surface area contributed by atoms with Crippen LogP contribution in [-0.4, -0.2) is 33.7 Å². The number of hydrogen-bond donors (Lipinski definition) is 3. The zero-order valence-corrected chi connectivity index (χ0v) is 16.4. The molecule has 0 aliphatic carbocycles. The zero-order chi connectivity index (χ0) is 20.8. The van der Waals surface area contributed by atoms with Gasteiger partial charge in [-0.3, -0.25) is 18.8 Å². The van der Waals surface area contributed by atoms with Gasteiger partial charge >= 0.3 is 0 Å². The maximum Gasteiger partial charge on any atom is 0.292 e. The Bertz CT molecular complexity index is 1040. The van der Waals surface area contributed by atoms with Crippen LogP contribution in [0.2, 0.25) is 0 Å². The zero-order valence-electron chi connectivity index (χ0n) is 16.4. The highest BCUT2D eigenvalue weighted by atomic mass is 16.2. The van der Waals surface area contributed by atoms with Gasteiger partial charge in [0, 0.05) is 31.0 Å². The van der Waals surface area contributed by atoms with Crippen LogP contribution >= 0.6 is 0 Å². The molecule has 8 nitrogen and oxygen atoms in total. The van der Waals surface area contributed by atoms with Crippen LogP contribution in [-0.2, 0) is 4.79 Å². The Kier molecular flexibility index (Phi) is 6.23. The SMILES string of the molecule is CCCCNC(=O)c1nc(C(=O)Nc2ccc(NC(C)=O)cc2)n2ccccc12. The predicted octanol–water partition coefficient (Wildman–Crippen LogP) is 3.07. The molecule has 3 N–H and O–H groups in total. The highest BCUT2D eigenvalue weighted by Gasteiger charge is 2.21. The lowest BCUT2D eigenvalue weighted by molar-refractivity contribution is -0.114. The van der Waals surface area contributed by atoms with Crippen molar-refractivity contribution >= 4 is 34.6 Å². The van der Waals surface area contributed by atoms with Gasteiger partial charge in [0.15, 0.2) is 5.69 Å². The largest absolute Gasteiger partial charge is 0.351 e. The maximum absolute atomic E-state index is 12.8. The van der Waals surface area contributed by atoms with Crippen LogP contribution in [0.3, 0.4) is 0 Å². The number of imidazole rings is 1. The van der Waals surface area contributed by atoms with Crippen molar-refractivity contribution in [2.24, 2.45) is 0 Å². The van der Waals surface area contributed by atoms with Crippen molar-refractivity contribution in [2.45, 2.75) is 26.7 Å². The number of rotatable bonds is 7. The number of nitrogens with zero attached hydrogens (tertiary/aromatic N) is 2. The van der Waals surface area contributed by atoms with E-state index in [2.05, 4.69) is 20.9 Å². The fraction of sp³-hybridized carbons (Fsp3) is 0.238. The molecule has 0 aliphatic rings. The molecule has 0 spiro atoms. The average Bonchev–Trinajstić information content (AvgIpc) is 3.09. The molecular weight excluding hydrogens is 370 g/mol. The molecule has 0 fully saturated rings. The molecule has 0 radical (unpaired) electrons. The van der Waals surface area contributed by atoms with Crippen LogP contribution < -0.4 is 16.0 Å². The van der Waals surface area contributed by atoms with E-state index in [0.29, 0.717) is 23.4 Å². The minimum absolute atomic E-state index is 0.118. The summed E-state index contributed by atoms with van der Waals surface area (Å²) >= 11 is 0. The third-order valence-electron chi connectivity index (χ3n) is 4.25. The number of pyridine rings is 1. The van der Waals surface area contributed by atoms with E-state index in [-0.39, 0.29) is 23.3 Å². The molecule has 29 heavy (non-hydrogen) atoms. The van der Waals surface area contributed by atoms with Gasteiger partial charge in [-0.1, -0.05) is 19.4 Å². The minimum atomic E-state index is -0.439. The van der Waals surface area contributed by atoms with Crippen molar-refractivity contribution in [3.05, 3.63) is 60.2 Å². The van der Waals surface area contributed by atoms with E-state index in [0.717, 1.165) is 12.8 Å². The molecule has 0 saturated heterocycles. The first-order chi connectivity index (χ1) is 14.0. The summed E-state index contributed by atoms with van der Waals surface area (Å²) in [5.41, 5.74) is 1.96. The number of carbonyl (C=O) groups excluding carboxylic acids is 3. The second kappa shape index (κ2) is 9.01. The van der Waals surface area contributed by atoms with Gasteiger partial charge < -0.3 is 16.0 Å². The molecule has 8 heteroatoms. The van der Waals surface area contributed by atoms with E-state index in [1.807, 2.05) is 6.92 Å². The van der Waals surface area contributed by atoms with E-state index in [4.69, 9.17) is 0 Å². The smallest absolute Gasteiger partial charge is 0.292 e. The number of amides is 3. The number of hydrogen-bond acceptors (Lipinski definition) is 4. The topological polar surface area (TPSA) is 105 Å². The summed E-state index contributed by atoms with van der Waals surface area (Å²) in [4.78, 5) is 40.7. The van der Waals surface area contributed by atoms with Crippen molar-refractivity contribution in [3.8, 4) is 0 Å². The standard InChI is InChI=1S/C21H23N5O3/c1-3-4-12-22-20(28)18-17-7-5-6-13-26(17)19(25-18)21(29)24-16-10-8-15(9-11-16)23-14(2)27/h5-11,13H,3-4,12H2,1-2H3,(H,22,28)(H,23,27)(H,24,29). The van der Waals surface area contributed by atoms with Gasteiger partial charge in [0.05, 0.1) is 5.52 Å². The number of carbonyl (C=O) groups is 3. The molecule has 0 bridgehead atoms. The van der Waals surface area contributed by atoms with Crippen molar-refractivity contribution in [1.82, 2.24) is 14.7 Å². The summed E-state index contributed by atoms with van der Waals surface area (Å²) in [5.74, 6) is -0.797. The predicted molar refractivity (Wildman–Crippen MR) is 111 cm³/mol. The van der Waals surface area contributed by atoms with Crippen LogP contribution in [0.15, 0.2) is 48.7 Å².